The lowest BCUT2D eigenvalue weighted by Gasteiger charge is -2.33. The topological polar surface area (TPSA) is 66.5 Å². The van der Waals surface area contributed by atoms with Crippen LogP contribution in [0.4, 0.5) is 0 Å². The van der Waals surface area contributed by atoms with E-state index in [2.05, 4.69) is 26.1 Å². The second kappa shape index (κ2) is 7.23. The predicted octanol–water partition coefficient (Wildman–Crippen LogP) is 2.95. The normalized spacial score (nSPS) is 13.2. The van der Waals surface area contributed by atoms with E-state index < -0.39 is 15.6 Å². The molecule has 24 heavy (non-hydrogen) atoms. The number of hydrogen-bond acceptors (Lipinski definition) is 3. The van der Waals surface area contributed by atoms with Crippen LogP contribution in [0.5, 0.6) is 0 Å². The minimum absolute atomic E-state index is 0.0661. The maximum atomic E-state index is 12.5. The van der Waals surface area contributed by atoms with Crippen LogP contribution < -0.4 is 5.32 Å². The van der Waals surface area contributed by atoms with Gasteiger partial charge in [0.25, 0.3) is 0 Å². The van der Waals surface area contributed by atoms with Crippen LogP contribution in [-0.2, 0) is 14.8 Å². The van der Waals surface area contributed by atoms with Gasteiger partial charge in [0.05, 0.1) is 11.4 Å². The van der Waals surface area contributed by atoms with E-state index in [1.807, 2.05) is 20.8 Å². The Kier molecular flexibility index (Phi) is 6.22. The van der Waals surface area contributed by atoms with E-state index in [9.17, 15) is 13.2 Å². The monoisotopic (exact) mass is 354 g/mol. The summed E-state index contributed by atoms with van der Waals surface area (Å²) in [6.07, 6.45) is 0.792. The molecule has 0 saturated heterocycles. The van der Waals surface area contributed by atoms with Crippen molar-refractivity contribution in [1.29, 1.82) is 0 Å². The van der Waals surface area contributed by atoms with E-state index >= 15 is 0 Å². The van der Waals surface area contributed by atoms with Crippen LogP contribution in [0.25, 0.3) is 0 Å². The number of carbonyl (C=O) groups is 1. The zero-order valence-electron chi connectivity index (χ0n) is 15.8. The molecule has 1 amide bonds. The Labute approximate surface area is 146 Å². The maximum Gasteiger partial charge on any atom is 0.243 e. The highest BCUT2D eigenvalue weighted by atomic mass is 32.2. The number of benzene rings is 1. The molecule has 0 aromatic heterocycles. The van der Waals surface area contributed by atoms with E-state index in [1.165, 1.54) is 7.05 Å². The molecule has 0 spiro atoms. The van der Waals surface area contributed by atoms with Crippen LogP contribution in [0.15, 0.2) is 29.2 Å². The number of nitrogens with one attached hydrogen (secondary N) is 1. The summed E-state index contributed by atoms with van der Waals surface area (Å²) in [5.74, 6) is -0.303. The third kappa shape index (κ3) is 6.24. The lowest BCUT2D eigenvalue weighted by molar-refractivity contribution is -0.123. The molecule has 6 heteroatoms. The minimum atomic E-state index is -3.67. The minimum Gasteiger partial charge on any atom is -0.350 e. The van der Waals surface area contributed by atoms with Gasteiger partial charge in [-0.2, -0.15) is 4.31 Å². The first-order valence-corrected chi connectivity index (χ1v) is 9.51. The first-order valence-electron chi connectivity index (χ1n) is 8.07. The lowest BCUT2D eigenvalue weighted by atomic mass is 9.82. The second-order valence-corrected chi connectivity index (χ2v) is 10.3. The third-order valence-electron chi connectivity index (χ3n) is 3.55. The zero-order chi connectivity index (χ0) is 18.8. The molecular weight excluding hydrogens is 324 g/mol. The lowest BCUT2D eigenvalue weighted by Crippen LogP contribution is -2.49. The SMILES string of the molecule is Cc1ccc(S(=O)(=O)N(C)CC(=O)NC(C)(C)CC(C)(C)C)cc1. The number of amides is 1. The van der Waals surface area contributed by atoms with Gasteiger partial charge in [0.15, 0.2) is 0 Å². The molecule has 1 rings (SSSR count). The number of likely N-dealkylation sites (N-methyl/N-ethyl adjacent to an activating group) is 1. The molecule has 0 heterocycles. The predicted molar refractivity (Wildman–Crippen MR) is 97.3 cm³/mol. The molecule has 136 valence electrons. The van der Waals surface area contributed by atoms with Crippen molar-refractivity contribution < 1.29 is 13.2 Å². The van der Waals surface area contributed by atoms with Crippen molar-refractivity contribution in [3.63, 3.8) is 0 Å². The number of nitrogens with zero attached hydrogens (tertiary/aromatic N) is 1. The summed E-state index contributed by atoms with van der Waals surface area (Å²) in [6.45, 7) is 11.9. The molecule has 0 unspecified atom stereocenters. The second-order valence-electron chi connectivity index (χ2n) is 8.24. The van der Waals surface area contributed by atoms with Crippen LogP contribution in [0.2, 0.25) is 0 Å². The van der Waals surface area contributed by atoms with Gasteiger partial charge >= 0.3 is 0 Å². The van der Waals surface area contributed by atoms with Crippen LogP contribution in [0.1, 0.15) is 46.6 Å². The van der Waals surface area contributed by atoms with Gasteiger partial charge in [-0.25, -0.2) is 8.42 Å². The van der Waals surface area contributed by atoms with Crippen molar-refractivity contribution in [2.24, 2.45) is 5.41 Å². The van der Waals surface area contributed by atoms with Gasteiger partial charge in [0.1, 0.15) is 0 Å². The Morgan fingerprint density at radius 3 is 2.04 bits per heavy atom. The fraction of sp³-hybridized carbons (Fsp3) is 0.611. The summed E-state index contributed by atoms with van der Waals surface area (Å²) in [4.78, 5) is 12.5. The Balaban J connectivity index is 2.77. The molecular formula is C18H30N2O3S. The van der Waals surface area contributed by atoms with Gasteiger partial charge in [-0.1, -0.05) is 38.5 Å². The summed E-state index contributed by atoms with van der Waals surface area (Å²) < 4.78 is 26.1. The highest BCUT2D eigenvalue weighted by Gasteiger charge is 2.29. The van der Waals surface area contributed by atoms with Crippen molar-refractivity contribution in [2.45, 2.75) is 58.4 Å². The number of hydrogen-bond donors (Lipinski definition) is 1. The van der Waals surface area contributed by atoms with Gasteiger partial charge in [-0.15, -0.1) is 0 Å². The van der Waals surface area contributed by atoms with E-state index in [-0.39, 0.29) is 22.8 Å². The first-order chi connectivity index (χ1) is 10.7. The number of rotatable bonds is 6. The average Bonchev–Trinajstić information content (AvgIpc) is 2.34. The molecule has 1 N–H and O–H groups in total. The van der Waals surface area contributed by atoms with Crippen molar-refractivity contribution in [3.8, 4) is 0 Å². The zero-order valence-corrected chi connectivity index (χ0v) is 16.6. The summed E-state index contributed by atoms with van der Waals surface area (Å²) in [5.41, 5.74) is 0.652. The van der Waals surface area contributed by atoms with Gasteiger partial charge in [-0.3, -0.25) is 4.79 Å². The highest BCUT2D eigenvalue weighted by molar-refractivity contribution is 7.89. The molecule has 0 fully saturated rings. The number of carbonyl (C=O) groups excluding carboxylic acids is 1. The largest absolute Gasteiger partial charge is 0.350 e. The fourth-order valence-corrected chi connectivity index (χ4v) is 4.09. The number of sulfonamides is 1. The summed E-state index contributed by atoms with van der Waals surface area (Å²) in [7, 11) is -2.25. The first kappa shape index (κ1) is 20.6. The van der Waals surface area contributed by atoms with Gasteiger partial charge in [0.2, 0.25) is 15.9 Å². The van der Waals surface area contributed by atoms with Crippen LogP contribution >= 0.6 is 0 Å². The smallest absolute Gasteiger partial charge is 0.243 e. The van der Waals surface area contributed by atoms with Crippen molar-refractivity contribution in [3.05, 3.63) is 29.8 Å². The van der Waals surface area contributed by atoms with E-state index in [0.29, 0.717) is 0 Å². The molecule has 1 aromatic carbocycles. The Hall–Kier alpha value is -1.40. The van der Waals surface area contributed by atoms with Gasteiger partial charge < -0.3 is 5.32 Å². The van der Waals surface area contributed by atoms with Crippen molar-refractivity contribution in [2.75, 3.05) is 13.6 Å². The van der Waals surface area contributed by atoms with E-state index in [1.54, 1.807) is 24.3 Å². The third-order valence-corrected chi connectivity index (χ3v) is 5.36. The summed E-state index contributed by atoms with van der Waals surface area (Å²) in [5, 5.41) is 2.93. The molecule has 0 aliphatic heterocycles. The highest BCUT2D eigenvalue weighted by Crippen LogP contribution is 2.26. The van der Waals surface area contributed by atoms with E-state index in [4.69, 9.17) is 0 Å². The molecule has 1 aromatic rings. The van der Waals surface area contributed by atoms with Crippen LogP contribution in [0.3, 0.4) is 0 Å². The van der Waals surface area contributed by atoms with Crippen LogP contribution in [-0.4, -0.2) is 37.8 Å². The average molecular weight is 355 g/mol. The Bertz CT molecular complexity index is 671. The number of aryl methyl sites for hydroxylation is 1. The quantitative estimate of drug-likeness (QED) is 0.854. The molecule has 0 bridgehead atoms. The Morgan fingerprint density at radius 1 is 1.08 bits per heavy atom. The fourth-order valence-electron chi connectivity index (χ4n) is 2.96. The summed E-state index contributed by atoms with van der Waals surface area (Å²) in [6, 6.07) is 6.60. The van der Waals surface area contributed by atoms with E-state index in [0.717, 1.165) is 16.3 Å². The van der Waals surface area contributed by atoms with Crippen molar-refractivity contribution >= 4 is 15.9 Å². The standard InChI is InChI=1S/C18H30N2O3S/c1-14-8-10-15(11-9-14)24(22,23)20(7)12-16(21)19-18(5,6)13-17(2,3)4/h8-11H,12-13H2,1-7H3,(H,19,21). The maximum absolute atomic E-state index is 12.5. The molecule has 0 atom stereocenters. The van der Waals surface area contributed by atoms with Crippen molar-refractivity contribution in [1.82, 2.24) is 9.62 Å². The molecule has 0 radical (unpaired) electrons. The van der Waals surface area contributed by atoms with Gasteiger partial charge in [0, 0.05) is 12.6 Å². The molecule has 0 aliphatic rings. The van der Waals surface area contributed by atoms with Gasteiger partial charge in [-0.05, 0) is 44.7 Å². The summed E-state index contributed by atoms with van der Waals surface area (Å²) >= 11 is 0. The molecule has 0 saturated carbocycles. The Morgan fingerprint density at radius 2 is 1.58 bits per heavy atom. The van der Waals surface area contributed by atoms with Crippen LogP contribution in [0, 0.1) is 12.3 Å². The molecule has 5 nitrogen and oxygen atoms in total. The molecule has 0 aliphatic carbocycles.